The first-order valence-electron chi connectivity index (χ1n) is 10.5. The SMILES string of the molecule is CC(C)=CCC/C(C)=C/CC/C(C)=C/CSCC(NC(=O)OC(C)(C)C)C(O)NO. The molecule has 0 fully saturated rings. The van der Waals surface area contributed by atoms with Crippen molar-refractivity contribution in [1.82, 2.24) is 10.8 Å². The average molecular weight is 443 g/mol. The molecule has 0 rings (SSSR count). The Kier molecular flexibility index (Phi) is 14.8. The van der Waals surface area contributed by atoms with Crippen LogP contribution in [0.2, 0.25) is 0 Å². The molecule has 0 heterocycles. The second-order valence-corrected chi connectivity index (χ2v) is 9.90. The zero-order chi connectivity index (χ0) is 23.2. The first-order chi connectivity index (χ1) is 13.9. The van der Waals surface area contributed by atoms with E-state index in [9.17, 15) is 9.90 Å². The second kappa shape index (κ2) is 15.5. The summed E-state index contributed by atoms with van der Waals surface area (Å²) in [5, 5.41) is 21.5. The van der Waals surface area contributed by atoms with Gasteiger partial charge in [-0.15, -0.1) is 0 Å². The number of ether oxygens (including phenoxy) is 1. The van der Waals surface area contributed by atoms with E-state index in [1.54, 1.807) is 38.0 Å². The zero-order valence-electron chi connectivity index (χ0n) is 19.7. The number of amides is 1. The predicted octanol–water partition coefficient (Wildman–Crippen LogP) is 5.33. The molecular formula is C23H42N2O4S. The molecule has 0 bridgehead atoms. The van der Waals surface area contributed by atoms with E-state index in [1.807, 2.05) is 0 Å². The van der Waals surface area contributed by atoms with Gasteiger partial charge in [-0.05, 0) is 74.1 Å². The van der Waals surface area contributed by atoms with Gasteiger partial charge in [0.15, 0.2) is 0 Å². The van der Waals surface area contributed by atoms with Crippen molar-refractivity contribution in [3.63, 3.8) is 0 Å². The highest BCUT2D eigenvalue weighted by molar-refractivity contribution is 7.99. The first-order valence-corrected chi connectivity index (χ1v) is 11.7. The number of thioether (sulfide) groups is 1. The number of hydroxylamine groups is 1. The molecule has 2 unspecified atom stereocenters. The van der Waals surface area contributed by atoms with E-state index in [0.717, 1.165) is 31.4 Å². The summed E-state index contributed by atoms with van der Waals surface area (Å²) in [6.45, 7) is 13.9. The Morgan fingerprint density at radius 3 is 2.13 bits per heavy atom. The predicted molar refractivity (Wildman–Crippen MR) is 127 cm³/mol. The topological polar surface area (TPSA) is 90.8 Å². The van der Waals surface area contributed by atoms with E-state index in [-0.39, 0.29) is 0 Å². The molecule has 2 atom stereocenters. The maximum absolute atomic E-state index is 11.9. The first kappa shape index (κ1) is 28.7. The number of carbonyl (C=O) groups is 1. The highest BCUT2D eigenvalue weighted by Gasteiger charge is 2.24. The largest absolute Gasteiger partial charge is 0.444 e. The monoisotopic (exact) mass is 442 g/mol. The Labute approximate surface area is 187 Å². The van der Waals surface area contributed by atoms with Crippen LogP contribution in [0.1, 0.15) is 74.1 Å². The number of carbonyl (C=O) groups excluding carboxylic acids is 1. The number of hydrogen-bond acceptors (Lipinski definition) is 6. The van der Waals surface area contributed by atoms with Crippen LogP contribution in [0.5, 0.6) is 0 Å². The minimum atomic E-state index is -1.27. The number of hydrogen-bond donors (Lipinski definition) is 4. The van der Waals surface area contributed by atoms with Crippen LogP contribution in [-0.2, 0) is 4.74 Å². The molecule has 0 saturated heterocycles. The molecule has 0 saturated carbocycles. The van der Waals surface area contributed by atoms with Crippen LogP contribution in [0, 0.1) is 0 Å². The molecule has 1 amide bonds. The van der Waals surface area contributed by atoms with Gasteiger partial charge in [0, 0.05) is 11.5 Å². The van der Waals surface area contributed by atoms with E-state index < -0.39 is 24.0 Å². The van der Waals surface area contributed by atoms with Gasteiger partial charge >= 0.3 is 6.09 Å². The van der Waals surface area contributed by atoms with Crippen molar-refractivity contribution in [2.45, 2.75) is 92.0 Å². The normalized spacial score (nSPS) is 14.8. The molecule has 4 N–H and O–H groups in total. The zero-order valence-corrected chi connectivity index (χ0v) is 20.6. The lowest BCUT2D eigenvalue weighted by molar-refractivity contribution is -0.0194. The fourth-order valence-corrected chi connectivity index (χ4v) is 3.55. The Balaban J connectivity index is 4.35. The lowest BCUT2D eigenvalue weighted by Crippen LogP contribution is -2.51. The van der Waals surface area contributed by atoms with Crippen LogP contribution >= 0.6 is 11.8 Å². The van der Waals surface area contributed by atoms with Crippen molar-refractivity contribution in [2.75, 3.05) is 11.5 Å². The molecule has 174 valence electrons. The van der Waals surface area contributed by atoms with Crippen molar-refractivity contribution in [2.24, 2.45) is 0 Å². The summed E-state index contributed by atoms with van der Waals surface area (Å²) in [4.78, 5) is 11.9. The van der Waals surface area contributed by atoms with Gasteiger partial charge in [0.25, 0.3) is 0 Å². The quantitative estimate of drug-likeness (QED) is 0.133. The van der Waals surface area contributed by atoms with Crippen LogP contribution in [-0.4, -0.2) is 45.8 Å². The third-order valence-corrected chi connectivity index (χ3v) is 5.18. The number of aliphatic hydroxyl groups excluding tert-OH is 1. The van der Waals surface area contributed by atoms with Crippen molar-refractivity contribution < 1.29 is 19.8 Å². The van der Waals surface area contributed by atoms with Crippen molar-refractivity contribution in [1.29, 1.82) is 0 Å². The highest BCUT2D eigenvalue weighted by Crippen LogP contribution is 2.14. The molecular weight excluding hydrogens is 400 g/mol. The Morgan fingerprint density at radius 1 is 1.03 bits per heavy atom. The molecule has 0 radical (unpaired) electrons. The summed E-state index contributed by atoms with van der Waals surface area (Å²) in [6.07, 6.45) is 9.11. The lowest BCUT2D eigenvalue weighted by Gasteiger charge is -2.25. The van der Waals surface area contributed by atoms with Crippen LogP contribution in [0.25, 0.3) is 0 Å². The fraction of sp³-hybridized carbons (Fsp3) is 0.696. The summed E-state index contributed by atoms with van der Waals surface area (Å²) in [6, 6.07) is -0.671. The van der Waals surface area contributed by atoms with Gasteiger partial charge in [0.05, 0.1) is 6.04 Å². The molecule has 7 heteroatoms. The molecule has 0 aromatic carbocycles. The lowest BCUT2D eigenvalue weighted by atomic mass is 10.1. The second-order valence-electron chi connectivity index (χ2n) is 8.82. The van der Waals surface area contributed by atoms with E-state index in [0.29, 0.717) is 5.75 Å². The van der Waals surface area contributed by atoms with E-state index in [1.165, 1.54) is 16.7 Å². The highest BCUT2D eigenvalue weighted by atomic mass is 32.2. The van der Waals surface area contributed by atoms with Crippen molar-refractivity contribution >= 4 is 17.9 Å². The van der Waals surface area contributed by atoms with Gasteiger partial charge in [0.2, 0.25) is 0 Å². The number of alkyl carbamates (subject to hydrolysis) is 1. The van der Waals surface area contributed by atoms with E-state index in [4.69, 9.17) is 9.94 Å². The van der Waals surface area contributed by atoms with Gasteiger partial charge in [0.1, 0.15) is 11.8 Å². The smallest absolute Gasteiger partial charge is 0.408 e. The summed E-state index contributed by atoms with van der Waals surface area (Å²) in [5.74, 6) is 1.20. The summed E-state index contributed by atoms with van der Waals surface area (Å²) in [5.41, 5.74) is 5.27. The van der Waals surface area contributed by atoms with Gasteiger partial charge in [-0.3, -0.25) is 0 Å². The summed E-state index contributed by atoms with van der Waals surface area (Å²) in [7, 11) is 0. The number of nitrogens with one attached hydrogen (secondary N) is 2. The number of aliphatic hydroxyl groups is 1. The molecule has 0 aromatic rings. The van der Waals surface area contributed by atoms with Crippen molar-refractivity contribution in [3.05, 3.63) is 34.9 Å². The molecule has 0 aliphatic rings. The number of allylic oxidation sites excluding steroid dienone is 5. The van der Waals surface area contributed by atoms with E-state index >= 15 is 0 Å². The van der Waals surface area contributed by atoms with Gasteiger partial charge < -0.3 is 20.4 Å². The van der Waals surface area contributed by atoms with Crippen LogP contribution in [0.3, 0.4) is 0 Å². The fourth-order valence-electron chi connectivity index (χ4n) is 2.50. The molecule has 0 aliphatic heterocycles. The minimum absolute atomic E-state index is 0.432. The number of rotatable bonds is 13. The average Bonchev–Trinajstić information content (AvgIpc) is 2.61. The standard InChI is InChI=1S/C23H42N2O4S/c1-17(2)10-8-11-18(3)12-9-13-19(4)14-15-30-16-20(21(26)25-28)24-22(27)29-23(5,6)7/h10,12,14,20-21,25-26,28H,8-9,11,13,15-16H2,1-7H3,(H,24,27)/b18-12+,19-14+. The third kappa shape index (κ3) is 16.5. The molecule has 0 aromatic heterocycles. The van der Waals surface area contributed by atoms with Crippen LogP contribution < -0.4 is 10.8 Å². The van der Waals surface area contributed by atoms with E-state index in [2.05, 4.69) is 51.2 Å². The van der Waals surface area contributed by atoms with Crippen molar-refractivity contribution in [3.8, 4) is 0 Å². The Morgan fingerprint density at radius 2 is 1.60 bits per heavy atom. The van der Waals surface area contributed by atoms with Crippen LogP contribution in [0.4, 0.5) is 4.79 Å². The maximum Gasteiger partial charge on any atom is 0.408 e. The Hall–Kier alpha value is -1.28. The molecule has 0 aliphatic carbocycles. The maximum atomic E-state index is 11.9. The minimum Gasteiger partial charge on any atom is -0.444 e. The Bertz CT molecular complexity index is 591. The summed E-state index contributed by atoms with van der Waals surface area (Å²) < 4.78 is 5.21. The molecule has 0 spiro atoms. The van der Waals surface area contributed by atoms with Gasteiger partial charge in [-0.1, -0.05) is 34.9 Å². The molecule has 6 nitrogen and oxygen atoms in total. The van der Waals surface area contributed by atoms with Gasteiger partial charge in [-0.25, -0.2) is 4.79 Å². The summed E-state index contributed by atoms with van der Waals surface area (Å²) >= 11 is 1.57. The van der Waals surface area contributed by atoms with Gasteiger partial charge in [-0.2, -0.15) is 17.2 Å². The van der Waals surface area contributed by atoms with Crippen LogP contribution in [0.15, 0.2) is 34.9 Å². The third-order valence-electron chi connectivity index (χ3n) is 4.19. The molecule has 30 heavy (non-hydrogen) atoms.